The van der Waals surface area contributed by atoms with Crippen LogP contribution in [0.4, 0.5) is 4.39 Å². The van der Waals surface area contributed by atoms with Gasteiger partial charge < -0.3 is 14.4 Å². The molecule has 1 aromatic rings. The molecule has 1 saturated heterocycles. The Bertz CT molecular complexity index is 559. The molecule has 0 aromatic heterocycles. The Balaban J connectivity index is 1.97. The number of carbonyl (C=O) groups is 2. The molecule has 0 unspecified atom stereocenters. The first kappa shape index (κ1) is 19.3. The maximum absolute atomic E-state index is 13.1. The fourth-order valence-electron chi connectivity index (χ4n) is 2.64. The van der Waals surface area contributed by atoms with Crippen molar-refractivity contribution in [3.05, 3.63) is 35.6 Å². The molecule has 0 spiro atoms. The lowest BCUT2D eigenvalue weighted by molar-refractivity contribution is -0.143. The second kappa shape index (κ2) is 10.1. The minimum Gasteiger partial charge on any atom is -0.466 e. The minimum absolute atomic E-state index is 0.143. The van der Waals surface area contributed by atoms with Crippen LogP contribution >= 0.6 is 0 Å². The minimum atomic E-state index is -0.386. The van der Waals surface area contributed by atoms with Gasteiger partial charge in [-0.15, -0.1) is 0 Å². The summed E-state index contributed by atoms with van der Waals surface area (Å²) in [6, 6.07) is 5.45. The topological polar surface area (TPSA) is 59.1 Å². The molecule has 6 nitrogen and oxygen atoms in total. The highest BCUT2D eigenvalue weighted by Crippen LogP contribution is 2.09. The highest BCUT2D eigenvalue weighted by molar-refractivity contribution is 5.94. The van der Waals surface area contributed by atoms with Gasteiger partial charge in [0.05, 0.1) is 26.2 Å². The smallest absolute Gasteiger partial charge is 0.307 e. The van der Waals surface area contributed by atoms with Crippen molar-refractivity contribution >= 4 is 11.9 Å². The third kappa shape index (κ3) is 6.43. The van der Waals surface area contributed by atoms with Crippen LogP contribution in [0.25, 0.3) is 0 Å². The molecule has 138 valence electrons. The Morgan fingerprint density at radius 1 is 1.20 bits per heavy atom. The predicted molar refractivity (Wildman–Crippen MR) is 90.8 cm³/mol. The summed E-state index contributed by atoms with van der Waals surface area (Å²) in [5, 5.41) is 0. The summed E-state index contributed by atoms with van der Waals surface area (Å²) < 4.78 is 23.3. The molecule has 2 rings (SSSR count). The molecular weight excluding hydrogens is 327 g/mol. The van der Waals surface area contributed by atoms with E-state index in [-0.39, 0.29) is 30.7 Å². The van der Waals surface area contributed by atoms with Crippen LogP contribution in [0, 0.1) is 5.82 Å². The summed E-state index contributed by atoms with van der Waals surface area (Å²) in [6.07, 6.45) is 0.143. The maximum atomic E-state index is 13.1. The van der Waals surface area contributed by atoms with Crippen LogP contribution in [0.1, 0.15) is 23.7 Å². The quantitative estimate of drug-likeness (QED) is 0.665. The first-order valence-corrected chi connectivity index (χ1v) is 8.60. The molecular formula is C18H25FN2O4. The molecule has 0 bridgehead atoms. The van der Waals surface area contributed by atoms with Crippen molar-refractivity contribution in [2.24, 2.45) is 0 Å². The average molecular weight is 352 g/mol. The number of ether oxygens (including phenoxy) is 2. The fraction of sp³-hybridized carbons (Fsp3) is 0.556. The predicted octanol–water partition coefficient (Wildman–Crippen LogP) is 1.55. The summed E-state index contributed by atoms with van der Waals surface area (Å²) in [4.78, 5) is 28.2. The fourth-order valence-corrected chi connectivity index (χ4v) is 2.64. The maximum Gasteiger partial charge on any atom is 0.307 e. The van der Waals surface area contributed by atoms with Crippen LogP contribution in [-0.2, 0) is 14.3 Å². The summed E-state index contributed by atoms with van der Waals surface area (Å²) in [5.41, 5.74) is 0.409. The summed E-state index contributed by atoms with van der Waals surface area (Å²) in [6.45, 7) is 6.58. The summed E-state index contributed by atoms with van der Waals surface area (Å²) in [5.74, 6) is -0.925. The molecule has 0 saturated carbocycles. The van der Waals surface area contributed by atoms with Crippen molar-refractivity contribution in [1.82, 2.24) is 9.80 Å². The zero-order valence-corrected chi connectivity index (χ0v) is 14.6. The zero-order chi connectivity index (χ0) is 18.1. The first-order chi connectivity index (χ1) is 12.1. The van der Waals surface area contributed by atoms with E-state index in [4.69, 9.17) is 9.47 Å². The van der Waals surface area contributed by atoms with Gasteiger partial charge in [0.1, 0.15) is 5.82 Å². The van der Waals surface area contributed by atoms with Crippen LogP contribution in [-0.4, -0.2) is 74.2 Å². The standard InChI is InChI=1S/C18H25FN2O4/c1-2-25-17(22)7-8-21(10-9-20-11-13-24-14-12-20)18(23)15-3-5-16(19)6-4-15/h3-6H,2,7-14H2,1H3. The van der Waals surface area contributed by atoms with E-state index in [2.05, 4.69) is 4.90 Å². The molecule has 7 heteroatoms. The lowest BCUT2D eigenvalue weighted by atomic mass is 10.2. The second-order valence-corrected chi connectivity index (χ2v) is 5.81. The average Bonchev–Trinajstić information content (AvgIpc) is 2.63. The Morgan fingerprint density at radius 2 is 1.88 bits per heavy atom. The van der Waals surface area contributed by atoms with E-state index in [0.29, 0.717) is 38.5 Å². The van der Waals surface area contributed by atoms with Crippen LogP contribution in [0.2, 0.25) is 0 Å². The molecule has 1 aliphatic rings. The number of esters is 1. The number of hydrogen-bond donors (Lipinski definition) is 0. The molecule has 0 N–H and O–H groups in total. The Labute approximate surface area is 147 Å². The molecule has 25 heavy (non-hydrogen) atoms. The molecule has 1 heterocycles. The Kier molecular flexibility index (Phi) is 7.81. The number of nitrogens with zero attached hydrogens (tertiary/aromatic N) is 2. The zero-order valence-electron chi connectivity index (χ0n) is 14.6. The lowest BCUT2D eigenvalue weighted by Crippen LogP contribution is -2.43. The van der Waals surface area contributed by atoms with Crippen molar-refractivity contribution in [3.8, 4) is 0 Å². The first-order valence-electron chi connectivity index (χ1n) is 8.60. The SMILES string of the molecule is CCOC(=O)CCN(CCN1CCOCC1)C(=O)c1ccc(F)cc1. The molecule has 0 radical (unpaired) electrons. The second-order valence-electron chi connectivity index (χ2n) is 5.81. The van der Waals surface area contributed by atoms with Crippen molar-refractivity contribution in [3.63, 3.8) is 0 Å². The number of amides is 1. The summed E-state index contributed by atoms with van der Waals surface area (Å²) >= 11 is 0. The van der Waals surface area contributed by atoms with Crippen LogP contribution in [0.5, 0.6) is 0 Å². The van der Waals surface area contributed by atoms with E-state index < -0.39 is 0 Å². The summed E-state index contributed by atoms with van der Waals surface area (Å²) in [7, 11) is 0. The van der Waals surface area contributed by atoms with E-state index >= 15 is 0 Å². The number of benzene rings is 1. The van der Waals surface area contributed by atoms with Crippen LogP contribution < -0.4 is 0 Å². The van der Waals surface area contributed by atoms with Gasteiger partial charge >= 0.3 is 5.97 Å². The van der Waals surface area contributed by atoms with Crippen molar-refractivity contribution in [1.29, 1.82) is 0 Å². The van der Waals surface area contributed by atoms with Crippen molar-refractivity contribution in [2.45, 2.75) is 13.3 Å². The van der Waals surface area contributed by atoms with Gasteiger partial charge in [-0.25, -0.2) is 4.39 Å². The Morgan fingerprint density at radius 3 is 2.52 bits per heavy atom. The van der Waals surface area contributed by atoms with E-state index in [1.54, 1.807) is 11.8 Å². The number of carbonyl (C=O) groups excluding carboxylic acids is 2. The number of hydrogen-bond acceptors (Lipinski definition) is 5. The van der Waals surface area contributed by atoms with Crippen molar-refractivity contribution in [2.75, 3.05) is 52.5 Å². The molecule has 1 amide bonds. The van der Waals surface area contributed by atoms with Gasteiger partial charge in [-0.1, -0.05) is 0 Å². The van der Waals surface area contributed by atoms with E-state index in [1.807, 2.05) is 0 Å². The highest BCUT2D eigenvalue weighted by atomic mass is 19.1. The third-order valence-electron chi connectivity index (χ3n) is 4.06. The normalized spacial score (nSPS) is 15.0. The molecule has 0 atom stereocenters. The van der Waals surface area contributed by atoms with Gasteiger partial charge in [0.25, 0.3) is 5.91 Å². The van der Waals surface area contributed by atoms with Gasteiger partial charge in [-0.3, -0.25) is 14.5 Å². The lowest BCUT2D eigenvalue weighted by Gasteiger charge is -2.30. The van der Waals surface area contributed by atoms with Crippen LogP contribution in [0.15, 0.2) is 24.3 Å². The van der Waals surface area contributed by atoms with E-state index in [1.165, 1.54) is 24.3 Å². The van der Waals surface area contributed by atoms with Crippen molar-refractivity contribution < 1.29 is 23.5 Å². The van der Waals surface area contributed by atoms with Gasteiger partial charge in [0, 0.05) is 38.3 Å². The van der Waals surface area contributed by atoms with Gasteiger partial charge in [-0.2, -0.15) is 0 Å². The third-order valence-corrected chi connectivity index (χ3v) is 4.06. The molecule has 0 aliphatic carbocycles. The van der Waals surface area contributed by atoms with E-state index in [9.17, 15) is 14.0 Å². The van der Waals surface area contributed by atoms with E-state index in [0.717, 1.165) is 13.1 Å². The molecule has 1 aliphatic heterocycles. The van der Waals surface area contributed by atoms with Crippen LogP contribution in [0.3, 0.4) is 0 Å². The number of rotatable bonds is 8. The molecule has 1 aromatic carbocycles. The van der Waals surface area contributed by atoms with Gasteiger partial charge in [0.15, 0.2) is 0 Å². The van der Waals surface area contributed by atoms with Gasteiger partial charge in [0.2, 0.25) is 0 Å². The largest absolute Gasteiger partial charge is 0.466 e. The van der Waals surface area contributed by atoms with Gasteiger partial charge in [-0.05, 0) is 31.2 Å². The molecule has 1 fully saturated rings. The monoisotopic (exact) mass is 352 g/mol. The highest BCUT2D eigenvalue weighted by Gasteiger charge is 2.19. The number of morpholine rings is 1. The Hall–Kier alpha value is -1.99. The number of halogens is 1.